The Balaban J connectivity index is 1.65. The van der Waals surface area contributed by atoms with Gasteiger partial charge in [-0.1, -0.05) is 23.7 Å². The number of hydrogen-bond acceptors (Lipinski definition) is 4. The van der Waals surface area contributed by atoms with Crippen LogP contribution in [0.25, 0.3) is 0 Å². The molecule has 1 aromatic carbocycles. The first-order valence-corrected chi connectivity index (χ1v) is 10.7. The number of amides is 1. The van der Waals surface area contributed by atoms with Gasteiger partial charge >= 0.3 is 0 Å². The maximum absolute atomic E-state index is 12.7. The van der Waals surface area contributed by atoms with Crippen LogP contribution in [0.15, 0.2) is 52.0 Å². The molecule has 0 aliphatic carbocycles. The number of halogens is 2. The summed E-state index contributed by atoms with van der Waals surface area (Å²) in [5.74, 6) is -0.341. The number of benzene rings is 1. The second-order valence-electron chi connectivity index (χ2n) is 5.94. The molecular weight excluding hydrogens is 442 g/mol. The lowest BCUT2D eigenvalue weighted by Crippen LogP contribution is -2.41. The van der Waals surface area contributed by atoms with Gasteiger partial charge in [0.25, 0.3) is 0 Å². The van der Waals surface area contributed by atoms with Crippen molar-refractivity contribution in [2.24, 2.45) is 5.92 Å². The lowest BCUT2D eigenvalue weighted by atomic mass is 9.97. The third-order valence-corrected chi connectivity index (χ3v) is 7.33. The maximum Gasteiger partial charge on any atom is 0.246 e. The molecule has 26 heavy (non-hydrogen) atoms. The lowest BCUT2D eigenvalue weighted by molar-refractivity contribution is -0.120. The molecule has 0 saturated carbocycles. The number of carbonyl (C=O) groups is 1. The van der Waals surface area contributed by atoms with E-state index in [-0.39, 0.29) is 35.0 Å². The molecular formula is C17H17BrClN3O3S. The molecule has 0 unspecified atom stereocenters. The third-order valence-electron chi connectivity index (χ3n) is 4.30. The van der Waals surface area contributed by atoms with Gasteiger partial charge in [-0.05, 0) is 53.0 Å². The first-order valence-electron chi connectivity index (χ1n) is 8.05. The molecule has 138 valence electrons. The average molecular weight is 459 g/mol. The molecule has 1 aliphatic rings. The molecule has 2 heterocycles. The molecule has 0 spiro atoms. The zero-order valence-corrected chi connectivity index (χ0v) is 16.9. The first-order chi connectivity index (χ1) is 12.4. The minimum atomic E-state index is -3.71. The molecule has 1 N–H and O–H groups in total. The number of carbonyl (C=O) groups excluding carboxylic acids is 1. The fourth-order valence-corrected chi connectivity index (χ4v) is 5.14. The highest BCUT2D eigenvalue weighted by Crippen LogP contribution is 2.28. The van der Waals surface area contributed by atoms with Crippen LogP contribution in [0.1, 0.15) is 12.8 Å². The van der Waals surface area contributed by atoms with E-state index in [1.54, 1.807) is 0 Å². The zero-order chi connectivity index (χ0) is 18.7. The number of sulfonamides is 1. The summed E-state index contributed by atoms with van der Waals surface area (Å²) in [6, 6.07) is 10.3. The third kappa shape index (κ3) is 4.09. The summed E-state index contributed by atoms with van der Waals surface area (Å²) in [7, 11) is -3.71. The van der Waals surface area contributed by atoms with Crippen LogP contribution < -0.4 is 5.32 Å². The summed E-state index contributed by atoms with van der Waals surface area (Å²) in [4.78, 5) is 16.3. The fourth-order valence-electron chi connectivity index (χ4n) is 2.86. The monoisotopic (exact) mass is 457 g/mol. The van der Waals surface area contributed by atoms with Crippen molar-refractivity contribution in [1.82, 2.24) is 9.29 Å². The van der Waals surface area contributed by atoms with Crippen LogP contribution in [0.5, 0.6) is 0 Å². The summed E-state index contributed by atoms with van der Waals surface area (Å²) < 4.78 is 27.6. The van der Waals surface area contributed by atoms with E-state index >= 15 is 0 Å². The smallest absolute Gasteiger partial charge is 0.246 e. The highest BCUT2D eigenvalue weighted by atomic mass is 79.9. The molecule has 0 radical (unpaired) electrons. The van der Waals surface area contributed by atoms with Crippen molar-refractivity contribution in [3.63, 3.8) is 0 Å². The first kappa shape index (κ1) is 19.3. The van der Waals surface area contributed by atoms with Crippen molar-refractivity contribution in [2.75, 3.05) is 18.4 Å². The number of nitrogens with one attached hydrogen (secondary N) is 1. The van der Waals surface area contributed by atoms with E-state index in [1.165, 1.54) is 22.6 Å². The average Bonchev–Trinajstić information content (AvgIpc) is 2.64. The van der Waals surface area contributed by atoms with E-state index in [9.17, 15) is 13.2 Å². The number of nitrogens with zero attached hydrogens (tertiary/aromatic N) is 2. The Morgan fingerprint density at radius 3 is 2.54 bits per heavy atom. The number of piperidine rings is 1. The van der Waals surface area contributed by atoms with Gasteiger partial charge in [0.1, 0.15) is 10.0 Å². The van der Waals surface area contributed by atoms with E-state index in [0.717, 1.165) is 4.47 Å². The van der Waals surface area contributed by atoms with Gasteiger partial charge in [-0.3, -0.25) is 4.79 Å². The van der Waals surface area contributed by atoms with E-state index in [4.69, 9.17) is 11.6 Å². The number of rotatable bonds is 4. The van der Waals surface area contributed by atoms with E-state index in [0.29, 0.717) is 18.5 Å². The lowest BCUT2D eigenvalue weighted by Gasteiger charge is -2.30. The predicted molar refractivity (Wildman–Crippen MR) is 104 cm³/mol. The van der Waals surface area contributed by atoms with Crippen LogP contribution in [0, 0.1) is 5.92 Å². The van der Waals surface area contributed by atoms with Gasteiger partial charge in [0.05, 0.1) is 5.69 Å². The van der Waals surface area contributed by atoms with Gasteiger partial charge in [0.2, 0.25) is 15.9 Å². The molecule has 9 heteroatoms. The quantitative estimate of drug-likeness (QED) is 0.711. The molecule has 1 aromatic heterocycles. The second kappa shape index (κ2) is 8.04. The van der Waals surface area contributed by atoms with Crippen molar-refractivity contribution >= 4 is 49.1 Å². The summed E-state index contributed by atoms with van der Waals surface area (Å²) in [5, 5.41) is 2.85. The molecule has 3 rings (SSSR count). The van der Waals surface area contributed by atoms with E-state index < -0.39 is 10.0 Å². The van der Waals surface area contributed by atoms with Gasteiger partial charge in [-0.2, -0.15) is 4.31 Å². The second-order valence-corrected chi connectivity index (χ2v) is 9.06. The summed E-state index contributed by atoms with van der Waals surface area (Å²) in [6.07, 6.45) is 2.35. The van der Waals surface area contributed by atoms with Crippen LogP contribution in [0.2, 0.25) is 5.15 Å². The van der Waals surface area contributed by atoms with Crippen LogP contribution >= 0.6 is 27.5 Å². The Hall–Kier alpha value is -1.48. The van der Waals surface area contributed by atoms with Crippen molar-refractivity contribution in [3.05, 3.63) is 52.2 Å². The Morgan fingerprint density at radius 2 is 1.88 bits per heavy atom. The van der Waals surface area contributed by atoms with Crippen LogP contribution in [0.4, 0.5) is 5.69 Å². The SMILES string of the molecule is O=C(Nc1ccccc1Br)C1CCN(S(=O)(=O)c2cccnc2Cl)CC1. The number of para-hydroxylation sites is 1. The fraction of sp³-hybridized carbons (Fsp3) is 0.294. The Labute approximate surface area is 165 Å². The predicted octanol–water partition coefficient (Wildman–Crippen LogP) is 3.54. The van der Waals surface area contributed by atoms with E-state index in [1.807, 2.05) is 24.3 Å². The number of pyridine rings is 1. The molecule has 2 aromatic rings. The van der Waals surface area contributed by atoms with Crippen molar-refractivity contribution in [2.45, 2.75) is 17.7 Å². The molecule has 0 atom stereocenters. The van der Waals surface area contributed by atoms with Gasteiger partial charge < -0.3 is 5.32 Å². The summed E-state index contributed by atoms with van der Waals surface area (Å²) >= 11 is 9.32. The number of anilines is 1. The van der Waals surface area contributed by atoms with Crippen LogP contribution in [-0.4, -0.2) is 36.7 Å². The molecule has 6 nitrogen and oxygen atoms in total. The highest BCUT2D eigenvalue weighted by Gasteiger charge is 2.33. The number of hydrogen-bond donors (Lipinski definition) is 1. The normalized spacial score (nSPS) is 16.4. The highest BCUT2D eigenvalue weighted by molar-refractivity contribution is 9.10. The largest absolute Gasteiger partial charge is 0.325 e. The number of aromatic nitrogens is 1. The van der Waals surface area contributed by atoms with Crippen molar-refractivity contribution in [1.29, 1.82) is 0 Å². The topological polar surface area (TPSA) is 79.4 Å². The van der Waals surface area contributed by atoms with Crippen LogP contribution in [-0.2, 0) is 14.8 Å². The molecule has 1 saturated heterocycles. The summed E-state index contributed by atoms with van der Waals surface area (Å²) in [5.41, 5.74) is 0.703. The maximum atomic E-state index is 12.7. The minimum absolute atomic E-state index is 0.00205. The van der Waals surface area contributed by atoms with Gasteiger partial charge in [0, 0.05) is 29.7 Å². The molecule has 1 aliphatic heterocycles. The summed E-state index contributed by atoms with van der Waals surface area (Å²) in [6.45, 7) is 0.531. The van der Waals surface area contributed by atoms with Gasteiger partial charge in [-0.25, -0.2) is 13.4 Å². The Morgan fingerprint density at radius 1 is 1.19 bits per heavy atom. The van der Waals surface area contributed by atoms with Crippen LogP contribution in [0.3, 0.4) is 0 Å². The minimum Gasteiger partial charge on any atom is -0.325 e. The van der Waals surface area contributed by atoms with Gasteiger partial charge in [-0.15, -0.1) is 0 Å². The zero-order valence-electron chi connectivity index (χ0n) is 13.7. The van der Waals surface area contributed by atoms with Gasteiger partial charge in [0.15, 0.2) is 0 Å². The standard InChI is InChI=1S/C17H17BrClN3O3S/c18-13-4-1-2-5-14(13)21-17(23)12-7-10-22(11-8-12)26(24,25)15-6-3-9-20-16(15)19/h1-6,9,12H,7-8,10-11H2,(H,21,23). The van der Waals surface area contributed by atoms with Crippen molar-refractivity contribution in [3.8, 4) is 0 Å². The molecule has 0 bridgehead atoms. The van der Waals surface area contributed by atoms with E-state index in [2.05, 4.69) is 26.2 Å². The van der Waals surface area contributed by atoms with Crippen molar-refractivity contribution < 1.29 is 13.2 Å². The Kier molecular flexibility index (Phi) is 5.96. The molecule has 1 fully saturated rings. The molecule has 1 amide bonds. The Bertz CT molecular complexity index is 915.